The molecule has 0 fully saturated rings. The van der Waals surface area contributed by atoms with Gasteiger partial charge in [-0.2, -0.15) is 4.98 Å². The van der Waals surface area contributed by atoms with Crippen molar-refractivity contribution in [1.29, 1.82) is 0 Å². The average molecular weight is 285 g/mol. The number of nitrogens with zero attached hydrogens (tertiary/aromatic N) is 5. The van der Waals surface area contributed by atoms with Crippen molar-refractivity contribution in [2.45, 2.75) is 6.92 Å². The van der Waals surface area contributed by atoms with Crippen molar-refractivity contribution >= 4 is 5.97 Å². The van der Waals surface area contributed by atoms with Crippen LogP contribution in [-0.4, -0.2) is 37.8 Å². The summed E-state index contributed by atoms with van der Waals surface area (Å²) in [6.45, 7) is 1.74. The highest BCUT2D eigenvalue weighted by Crippen LogP contribution is 2.17. The van der Waals surface area contributed by atoms with Gasteiger partial charge in [0.15, 0.2) is 11.5 Å². The predicted octanol–water partition coefficient (Wildman–Crippen LogP) is 1.41. The van der Waals surface area contributed by atoms with Crippen LogP contribution in [0.5, 0.6) is 0 Å². The third kappa shape index (κ3) is 2.50. The number of methoxy groups -OCH3 is 1. The molecular formula is C13H11N5O3. The first-order valence-electron chi connectivity index (χ1n) is 6.07. The summed E-state index contributed by atoms with van der Waals surface area (Å²) in [5.41, 5.74) is 0.934. The van der Waals surface area contributed by atoms with Crippen LogP contribution in [0, 0.1) is 6.92 Å². The molecule has 0 unspecified atom stereocenters. The van der Waals surface area contributed by atoms with Gasteiger partial charge in [0, 0.05) is 12.4 Å². The zero-order chi connectivity index (χ0) is 14.8. The van der Waals surface area contributed by atoms with Gasteiger partial charge in [-0.15, -0.1) is 0 Å². The Hall–Kier alpha value is -3.03. The van der Waals surface area contributed by atoms with Crippen molar-refractivity contribution in [3.8, 4) is 17.3 Å². The number of hydrogen-bond donors (Lipinski definition) is 0. The lowest BCUT2D eigenvalue weighted by Crippen LogP contribution is -2.01. The van der Waals surface area contributed by atoms with Crippen molar-refractivity contribution in [2.75, 3.05) is 7.11 Å². The number of pyridine rings is 1. The molecule has 106 valence electrons. The number of aryl methyl sites for hydroxylation is 1. The number of rotatable bonds is 3. The smallest absolute Gasteiger partial charge is 0.358 e. The molecule has 3 aromatic rings. The molecular weight excluding hydrogens is 274 g/mol. The van der Waals surface area contributed by atoms with E-state index in [4.69, 9.17) is 4.52 Å². The van der Waals surface area contributed by atoms with Crippen molar-refractivity contribution < 1.29 is 14.1 Å². The summed E-state index contributed by atoms with van der Waals surface area (Å²) in [6, 6.07) is 3.56. The lowest BCUT2D eigenvalue weighted by atomic mass is 10.3. The summed E-state index contributed by atoms with van der Waals surface area (Å²) in [7, 11) is 1.31. The number of hydrogen-bond acceptors (Lipinski definition) is 7. The summed E-state index contributed by atoms with van der Waals surface area (Å²) >= 11 is 0. The summed E-state index contributed by atoms with van der Waals surface area (Å²) in [4.78, 5) is 23.7. The Morgan fingerprint density at radius 1 is 1.33 bits per heavy atom. The highest BCUT2D eigenvalue weighted by atomic mass is 16.5. The Morgan fingerprint density at radius 2 is 2.19 bits per heavy atom. The van der Waals surface area contributed by atoms with Crippen molar-refractivity contribution in [3.05, 3.63) is 42.4 Å². The van der Waals surface area contributed by atoms with Gasteiger partial charge in [-0.05, 0) is 19.1 Å². The molecule has 0 N–H and O–H groups in total. The minimum Gasteiger partial charge on any atom is -0.464 e. The molecule has 8 nitrogen and oxygen atoms in total. The molecule has 0 aromatic carbocycles. The zero-order valence-corrected chi connectivity index (χ0v) is 11.3. The quantitative estimate of drug-likeness (QED) is 0.671. The van der Waals surface area contributed by atoms with Crippen molar-refractivity contribution in [3.63, 3.8) is 0 Å². The number of imidazole rings is 1. The van der Waals surface area contributed by atoms with E-state index in [0.717, 1.165) is 0 Å². The Bertz CT molecular complexity index is 775. The number of ether oxygens (including phenoxy) is 1. The Kier molecular flexibility index (Phi) is 3.19. The fourth-order valence-electron chi connectivity index (χ4n) is 1.74. The fourth-order valence-corrected chi connectivity index (χ4v) is 1.74. The normalized spacial score (nSPS) is 10.6. The maximum absolute atomic E-state index is 11.4. The molecule has 0 aliphatic heterocycles. The largest absolute Gasteiger partial charge is 0.464 e. The van der Waals surface area contributed by atoms with Crippen LogP contribution in [0.1, 0.15) is 16.3 Å². The fraction of sp³-hybridized carbons (Fsp3) is 0.154. The summed E-state index contributed by atoms with van der Waals surface area (Å²) in [5, 5.41) is 3.73. The lowest BCUT2D eigenvalue weighted by molar-refractivity contribution is 0.0594. The molecule has 0 saturated carbocycles. The number of esters is 1. The maximum Gasteiger partial charge on any atom is 0.358 e. The monoisotopic (exact) mass is 285 g/mol. The van der Waals surface area contributed by atoms with Gasteiger partial charge >= 0.3 is 5.97 Å². The van der Waals surface area contributed by atoms with E-state index in [0.29, 0.717) is 23.1 Å². The Labute approximate surface area is 119 Å². The van der Waals surface area contributed by atoms with E-state index in [2.05, 4.69) is 24.8 Å². The summed E-state index contributed by atoms with van der Waals surface area (Å²) in [5.74, 6) is 1.09. The second-order valence-electron chi connectivity index (χ2n) is 4.21. The van der Waals surface area contributed by atoms with Crippen LogP contribution >= 0.6 is 0 Å². The molecule has 3 aromatic heterocycles. The highest BCUT2D eigenvalue weighted by molar-refractivity contribution is 5.86. The Morgan fingerprint density at radius 3 is 2.81 bits per heavy atom. The SMILES string of the molecule is COC(=O)c1cn(-c2ccc(-c3nc(C)no3)cn2)cn1. The van der Waals surface area contributed by atoms with Gasteiger partial charge < -0.3 is 9.26 Å². The Balaban J connectivity index is 1.87. The van der Waals surface area contributed by atoms with E-state index in [-0.39, 0.29) is 5.69 Å². The van der Waals surface area contributed by atoms with E-state index >= 15 is 0 Å². The van der Waals surface area contributed by atoms with Crippen LogP contribution in [0.3, 0.4) is 0 Å². The molecule has 0 aliphatic rings. The molecule has 0 spiro atoms. The standard InChI is InChI=1S/C13H11N5O3/c1-8-16-12(21-17-8)9-3-4-11(14-5-9)18-6-10(15-7-18)13(19)20-2/h3-7H,1-2H3. The van der Waals surface area contributed by atoms with Crippen LogP contribution in [0.25, 0.3) is 17.3 Å². The van der Waals surface area contributed by atoms with Gasteiger partial charge in [0.25, 0.3) is 5.89 Å². The summed E-state index contributed by atoms with van der Waals surface area (Å²) < 4.78 is 11.3. The first-order chi connectivity index (χ1) is 10.2. The molecule has 0 aliphatic carbocycles. The molecule has 0 radical (unpaired) electrons. The average Bonchev–Trinajstić information content (AvgIpc) is 3.16. The van der Waals surface area contributed by atoms with E-state index < -0.39 is 5.97 Å². The topological polar surface area (TPSA) is 95.9 Å². The zero-order valence-electron chi connectivity index (χ0n) is 11.3. The second kappa shape index (κ2) is 5.16. The molecule has 8 heteroatoms. The maximum atomic E-state index is 11.4. The van der Waals surface area contributed by atoms with Crippen LogP contribution in [0.2, 0.25) is 0 Å². The summed E-state index contributed by atoms with van der Waals surface area (Å²) in [6.07, 6.45) is 4.65. The van der Waals surface area contributed by atoms with E-state index in [9.17, 15) is 4.79 Å². The van der Waals surface area contributed by atoms with Gasteiger partial charge in [0.1, 0.15) is 12.1 Å². The molecule has 0 saturated heterocycles. The van der Waals surface area contributed by atoms with Gasteiger partial charge in [-0.25, -0.2) is 14.8 Å². The minimum absolute atomic E-state index is 0.218. The third-order valence-corrected chi connectivity index (χ3v) is 2.76. The van der Waals surface area contributed by atoms with Crippen LogP contribution in [0.4, 0.5) is 0 Å². The lowest BCUT2D eigenvalue weighted by Gasteiger charge is -2.00. The molecule has 0 atom stereocenters. The first-order valence-corrected chi connectivity index (χ1v) is 6.07. The van der Waals surface area contributed by atoms with Crippen LogP contribution in [0.15, 0.2) is 35.4 Å². The van der Waals surface area contributed by atoms with E-state index in [1.807, 2.05) is 0 Å². The van der Waals surface area contributed by atoms with Crippen molar-refractivity contribution in [1.82, 2.24) is 24.7 Å². The van der Waals surface area contributed by atoms with E-state index in [1.54, 1.807) is 36.0 Å². The predicted molar refractivity (Wildman–Crippen MR) is 70.7 cm³/mol. The van der Waals surface area contributed by atoms with E-state index in [1.165, 1.54) is 13.4 Å². The van der Waals surface area contributed by atoms with Gasteiger partial charge in [-0.1, -0.05) is 5.16 Å². The highest BCUT2D eigenvalue weighted by Gasteiger charge is 2.11. The number of carbonyl (C=O) groups is 1. The van der Waals surface area contributed by atoms with Crippen LogP contribution < -0.4 is 0 Å². The number of aromatic nitrogens is 5. The third-order valence-electron chi connectivity index (χ3n) is 2.76. The molecule has 21 heavy (non-hydrogen) atoms. The van der Waals surface area contributed by atoms with Gasteiger partial charge in [-0.3, -0.25) is 4.57 Å². The number of carbonyl (C=O) groups excluding carboxylic acids is 1. The molecule has 3 rings (SSSR count). The van der Waals surface area contributed by atoms with Gasteiger partial charge in [0.2, 0.25) is 0 Å². The second-order valence-corrected chi connectivity index (χ2v) is 4.21. The van der Waals surface area contributed by atoms with Gasteiger partial charge in [0.05, 0.1) is 12.7 Å². The molecule has 0 bridgehead atoms. The van der Waals surface area contributed by atoms with Crippen LogP contribution in [-0.2, 0) is 4.74 Å². The first kappa shape index (κ1) is 13.0. The minimum atomic E-state index is -0.494. The molecule has 0 amide bonds. The molecule has 3 heterocycles. The van der Waals surface area contributed by atoms with Crippen molar-refractivity contribution in [2.24, 2.45) is 0 Å².